The Morgan fingerprint density at radius 1 is 0.622 bits per heavy atom. The summed E-state index contributed by atoms with van der Waals surface area (Å²) in [6.07, 6.45) is 7.10. The summed E-state index contributed by atoms with van der Waals surface area (Å²) in [5.41, 5.74) is 6.30. The maximum Gasteiger partial charge on any atom is 0.354 e. The highest BCUT2D eigenvalue weighted by atomic mass is 16.5. The number of allylic oxidation sites excluding steroid dienone is 5. The highest BCUT2D eigenvalue weighted by Crippen LogP contribution is 2.31. The second kappa shape index (κ2) is 14.0. The van der Waals surface area contributed by atoms with Crippen molar-refractivity contribution < 1.29 is 14.6 Å². The maximum absolute atomic E-state index is 12.7. The minimum atomic E-state index is -1.14. The topological polar surface area (TPSA) is 58.9 Å². The van der Waals surface area contributed by atoms with E-state index in [0.717, 1.165) is 33.2 Å². The molecule has 5 aromatic rings. The first-order chi connectivity index (χ1) is 22.2. The van der Waals surface area contributed by atoms with Gasteiger partial charge < -0.3 is 9.84 Å². The van der Waals surface area contributed by atoms with Crippen LogP contribution in [0.25, 0.3) is 11.3 Å². The van der Waals surface area contributed by atoms with E-state index in [4.69, 9.17) is 9.73 Å². The van der Waals surface area contributed by atoms with E-state index in [-0.39, 0.29) is 12.4 Å². The van der Waals surface area contributed by atoms with Gasteiger partial charge >= 0.3 is 5.97 Å². The van der Waals surface area contributed by atoms with Gasteiger partial charge in [0.2, 0.25) is 0 Å². The average molecular weight is 583 g/mol. The summed E-state index contributed by atoms with van der Waals surface area (Å²) in [7, 11) is 0. The molecule has 5 heteroatoms. The number of benzene rings is 5. The van der Waals surface area contributed by atoms with Crippen LogP contribution < -0.4 is 10.9 Å². The molecule has 0 atom stereocenters. The monoisotopic (exact) mass is 583 g/mol. The Kier molecular flexibility index (Phi) is 9.08. The van der Waals surface area contributed by atoms with Crippen molar-refractivity contribution in [3.63, 3.8) is 0 Å². The quantitative estimate of drug-likeness (QED) is 0.112. The van der Waals surface area contributed by atoms with Crippen LogP contribution in [0.3, 0.4) is 0 Å². The molecule has 5 aromatic carbocycles. The van der Waals surface area contributed by atoms with Gasteiger partial charge in [0.25, 0.3) is 6.71 Å². The summed E-state index contributed by atoms with van der Waals surface area (Å²) in [6, 6.07) is 49.7. The Bertz CT molecular complexity index is 1870. The second-order valence-electron chi connectivity index (χ2n) is 10.5. The SMILES string of the molecule is O=C(O)/C(=C/C=C1/C=C(c2ccccc2)C=C(c2ccccc2)O1)N=C(B(c1ccccc1)c1ccccc1)c1ccccc1. The molecule has 0 radical (unpaired) electrons. The first-order valence-corrected chi connectivity index (χ1v) is 14.8. The lowest BCUT2D eigenvalue weighted by Crippen LogP contribution is -2.49. The number of hydrogen-bond acceptors (Lipinski definition) is 3. The third kappa shape index (κ3) is 7.18. The minimum Gasteiger partial charge on any atom is -0.477 e. The zero-order valence-corrected chi connectivity index (χ0v) is 24.5. The fourth-order valence-electron chi connectivity index (χ4n) is 5.30. The lowest BCUT2D eigenvalue weighted by molar-refractivity contribution is -0.132. The van der Waals surface area contributed by atoms with Crippen molar-refractivity contribution in [2.45, 2.75) is 0 Å². The Hall–Kier alpha value is -5.94. The molecule has 45 heavy (non-hydrogen) atoms. The maximum atomic E-state index is 12.7. The molecule has 4 nitrogen and oxygen atoms in total. The van der Waals surface area contributed by atoms with Gasteiger partial charge in [-0.25, -0.2) is 4.79 Å². The van der Waals surface area contributed by atoms with Gasteiger partial charge in [0.1, 0.15) is 17.2 Å². The Labute approximate surface area is 263 Å². The highest BCUT2D eigenvalue weighted by molar-refractivity contribution is 7.10. The Morgan fingerprint density at radius 2 is 1.11 bits per heavy atom. The molecule has 6 rings (SSSR count). The number of aliphatic imine (C=N–C) groups is 1. The van der Waals surface area contributed by atoms with Crippen LogP contribution in [-0.2, 0) is 9.53 Å². The highest BCUT2D eigenvalue weighted by Gasteiger charge is 2.27. The van der Waals surface area contributed by atoms with Crippen molar-refractivity contribution >= 4 is 40.6 Å². The van der Waals surface area contributed by atoms with Crippen LogP contribution in [0.5, 0.6) is 0 Å². The summed E-state index contributed by atoms with van der Waals surface area (Å²) in [6.45, 7) is -0.298. The molecule has 0 spiro atoms. The standard InChI is InChI=1S/C40H30BNO3/c43-40(44)37(27-26-36-28-33(30-16-6-1-7-17-30)29-38(45-36)31-18-8-2-9-19-31)42-39(32-20-10-3-11-21-32)41(34-22-12-4-13-23-34)35-24-14-5-15-25-35/h1-29H,(H,43,44)/b36-26-,37-27-,42-39?. The lowest BCUT2D eigenvalue weighted by Gasteiger charge is -2.19. The van der Waals surface area contributed by atoms with E-state index >= 15 is 0 Å². The molecule has 0 saturated carbocycles. The number of ether oxygens (including phenoxy) is 1. The molecular weight excluding hydrogens is 553 g/mol. The molecule has 0 amide bonds. The molecule has 0 aliphatic carbocycles. The number of rotatable bonds is 9. The van der Waals surface area contributed by atoms with Crippen LogP contribution in [0.2, 0.25) is 0 Å². The van der Waals surface area contributed by atoms with Crippen LogP contribution in [0.4, 0.5) is 0 Å². The van der Waals surface area contributed by atoms with Crippen molar-refractivity contribution in [3.8, 4) is 0 Å². The van der Waals surface area contributed by atoms with Crippen LogP contribution in [0, 0.1) is 0 Å². The zero-order valence-electron chi connectivity index (χ0n) is 24.5. The third-order valence-corrected chi connectivity index (χ3v) is 7.45. The van der Waals surface area contributed by atoms with Crippen molar-refractivity contribution in [1.82, 2.24) is 0 Å². The summed E-state index contributed by atoms with van der Waals surface area (Å²) >= 11 is 0. The largest absolute Gasteiger partial charge is 0.477 e. The lowest BCUT2D eigenvalue weighted by atomic mass is 9.36. The van der Waals surface area contributed by atoms with E-state index in [1.165, 1.54) is 6.08 Å². The second-order valence-corrected chi connectivity index (χ2v) is 10.5. The van der Waals surface area contributed by atoms with Crippen molar-refractivity contribution in [2.75, 3.05) is 0 Å². The average Bonchev–Trinajstić information content (AvgIpc) is 3.11. The van der Waals surface area contributed by atoms with Crippen LogP contribution in [0.1, 0.15) is 16.7 Å². The normalized spacial score (nSPS) is 14.3. The summed E-state index contributed by atoms with van der Waals surface area (Å²) in [5.74, 6) is 0.0466. The first-order valence-electron chi connectivity index (χ1n) is 14.8. The van der Waals surface area contributed by atoms with Crippen LogP contribution >= 0.6 is 0 Å². The smallest absolute Gasteiger partial charge is 0.354 e. The molecule has 216 valence electrons. The van der Waals surface area contributed by atoms with Crippen molar-refractivity contribution in [2.24, 2.45) is 4.99 Å². The number of carboxylic acids is 1. The van der Waals surface area contributed by atoms with Crippen LogP contribution in [0.15, 0.2) is 192 Å². The minimum absolute atomic E-state index is 0.104. The molecule has 0 aromatic heterocycles. The van der Waals surface area contributed by atoms with Gasteiger partial charge in [-0.05, 0) is 41.0 Å². The van der Waals surface area contributed by atoms with Gasteiger partial charge in [-0.3, -0.25) is 4.99 Å². The zero-order chi connectivity index (χ0) is 30.8. The van der Waals surface area contributed by atoms with Crippen LogP contribution in [-0.4, -0.2) is 23.4 Å². The molecule has 0 unspecified atom stereocenters. The van der Waals surface area contributed by atoms with E-state index in [0.29, 0.717) is 17.1 Å². The molecule has 1 aliphatic heterocycles. The number of aliphatic carboxylic acids is 1. The number of nitrogens with zero attached hydrogens (tertiary/aromatic N) is 1. The molecule has 1 N–H and O–H groups in total. The van der Waals surface area contributed by atoms with E-state index in [2.05, 4.69) is 0 Å². The predicted molar refractivity (Wildman–Crippen MR) is 185 cm³/mol. The van der Waals surface area contributed by atoms with E-state index < -0.39 is 5.97 Å². The van der Waals surface area contributed by atoms with Gasteiger partial charge in [-0.2, -0.15) is 0 Å². The molecule has 0 saturated heterocycles. The van der Waals surface area contributed by atoms with Gasteiger partial charge in [-0.15, -0.1) is 0 Å². The molecule has 0 fully saturated rings. The molecule has 1 heterocycles. The fraction of sp³-hybridized carbons (Fsp3) is 0. The van der Waals surface area contributed by atoms with E-state index in [1.807, 2.05) is 164 Å². The third-order valence-electron chi connectivity index (χ3n) is 7.45. The van der Waals surface area contributed by atoms with Gasteiger partial charge in [-0.1, -0.05) is 163 Å². The van der Waals surface area contributed by atoms with Gasteiger partial charge in [0.15, 0.2) is 0 Å². The molecule has 0 bridgehead atoms. The first kappa shape index (κ1) is 29.2. The van der Waals surface area contributed by atoms with Crippen molar-refractivity contribution in [1.29, 1.82) is 0 Å². The number of carboxylic acid groups (broad SMARTS) is 1. The summed E-state index contributed by atoms with van der Waals surface area (Å²) in [4.78, 5) is 17.6. The predicted octanol–water partition coefficient (Wildman–Crippen LogP) is 7.33. The van der Waals surface area contributed by atoms with E-state index in [9.17, 15) is 9.90 Å². The van der Waals surface area contributed by atoms with Gasteiger partial charge in [0.05, 0.1) is 0 Å². The Balaban J connectivity index is 1.47. The van der Waals surface area contributed by atoms with Crippen molar-refractivity contribution in [3.05, 3.63) is 204 Å². The van der Waals surface area contributed by atoms with E-state index in [1.54, 1.807) is 6.08 Å². The Morgan fingerprint density at radius 3 is 1.64 bits per heavy atom. The molecular formula is C40H30BNO3. The fourth-order valence-corrected chi connectivity index (χ4v) is 5.30. The number of carbonyl (C=O) groups is 1. The summed E-state index contributed by atoms with van der Waals surface area (Å²) < 4.78 is 6.29. The van der Waals surface area contributed by atoms with Gasteiger partial charge in [0, 0.05) is 11.2 Å². The number of hydrogen-bond donors (Lipinski definition) is 1. The molecule has 1 aliphatic rings. The summed E-state index contributed by atoms with van der Waals surface area (Å²) in [5, 5.41) is 10.4.